The molecule has 1 aliphatic rings. The normalized spacial score (nSPS) is 15.3. The summed E-state index contributed by atoms with van der Waals surface area (Å²) in [6.07, 6.45) is -2.14. The van der Waals surface area contributed by atoms with Gasteiger partial charge in [-0.2, -0.15) is 0 Å². The van der Waals surface area contributed by atoms with Crippen molar-refractivity contribution in [1.29, 1.82) is 0 Å². The highest BCUT2D eigenvalue weighted by molar-refractivity contribution is 6.20. The molecule has 0 fully saturated rings. The molecule has 160 valence electrons. The number of carbonyl (C=O) groups excluding carboxylic acids is 2. The Balaban J connectivity index is 1.63. The number of benzene rings is 3. The van der Waals surface area contributed by atoms with E-state index >= 15 is 0 Å². The van der Waals surface area contributed by atoms with Gasteiger partial charge in [0.2, 0.25) is 6.17 Å². The number of amides is 2. The number of nitro benzene ring substituents is 1. The van der Waals surface area contributed by atoms with Crippen LogP contribution in [-0.2, 0) is 4.79 Å². The van der Waals surface area contributed by atoms with Crippen LogP contribution in [0.5, 0.6) is 5.75 Å². The van der Waals surface area contributed by atoms with E-state index in [0.29, 0.717) is 11.4 Å². The molecule has 1 atom stereocenters. The van der Waals surface area contributed by atoms with Gasteiger partial charge in [-0.05, 0) is 18.2 Å². The highest BCUT2D eigenvalue weighted by Gasteiger charge is 2.31. The Hall–Kier alpha value is -4.53. The number of non-ortho nitro benzene ring substituents is 1. The predicted octanol–water partition coefficient (Wildman–Crippen LogP) is 3.52. The second-order valence-electron chi connectivity index (χ2n) is 6.95. The molecule has 2 amide bonds. The van der Waals surface area contributed by atoms with Crippen molar-refractivity contribution in [2.24, 2.45) is 4.99 Å². The molecule has 1 aliphatic heterocycles. The molecular formula is C23H18N4O5. The molecule has 0 spiro atoms. The minimum atomic E-state index is -1.23. The summed E-state index contributed by atoms with van der Waals surface area (Å²) in [6.45, 7) is 0. The Morgan fingerprint density at radius 3 is 2.38 bits per heavy atom. The van der Waals surface area contributed by atoms with Crippen LogP contribution in [0.4, 0.5) is 16.2 Å². The molecule has 0 unspecified atom stereocenters. The second kappa shape index (κ2) is 8.68. The predicted molar refractivity (Wildman–Crippen MR) is 118 cm³/mol. The number of carbonyl (C=O) groups is 2. The molecule has 3 aromatic carbocycles. The Bertz CT molecular complexity index is 1210. The first-order valence-electron chi connectivity index (χ1n) is 9.67. The number of anilines is 1. The number of nitro groups is 1. The Morgan fingerprint density at radius 1 is 1.03 bits per heavy atom. The highest BCUT2D eigenvalue weighted by Crippen LogP contribution is 2.27. The van der Waals surface area contributed by atoms with Gasteiger partial charge in [-0.1, -0.05) is 48.5 Å². The van der Waals surface area contributed by atoms with Gasteiger partial charge in [0.05, 0.1) is 16.3 Å². The smallest absolute Gasteiger partial charge is 0.410 e. The molecule has 0 aliphatic carbocycles. The molecule has 0 aromatic heterocycles. The maximum absolute atomic E-state index is 13.1. The average Bonchev–Trinajstić information content (AvgIpc) is 2.91. The first-order valence-corrected chi connectivity index (χ1v) is 9.67. The summed E-state index contributed by atoms with van der Waals surface area (Å²) in [5.41, 5.74) is 2.63. The van der Waals surface area contributed by atoms with Gasteiger partial charge in [0.15, 0.2) is 0 Å². The third-order valence-electron chi connectivity index (χ3n) is 4.90. The maximum atomic E-state index is 13.1. The monoisotopic (exact) mass is 430 g/mol. The van der Waals surface area contributed by atoms with Crippen LogP contribution in [-0.4, -0.2) is 35.8 Å². The maximum Gasteiger partial charge on any atom is 0.414 e. The lowest BCUT2D eigenvalue weighted by Gasteiger charge is -2.20. The zero-order valence-corrected chi connectivity index (χ0v) is 17.0. The van der Waals surface area contributed by atoms with Crippen LogP contribution in [0.15, 0.2) is 83.9 Å². The molecule has 32 heavy (non-hydrogen) atoms. The van der Waals surface area contributed by atoms with Gasteiger partial charge in [0.1, 0.15) is 5.75 Å². The number of hydrogen-bond donors (Lipinski definition) is 1. The van der Waals surface area contributed by atoms with E-state index in [1.807, 2.05) is 54.6 Å². The topological polar surface area (TPSA) is 114 Å². The van der Waals surface area contributed by atoms with Gasteiger partial charge in [0, 0.05) is 30.3 Å². The second-order valence-corrected chi connectivity index (χ2v) is 6.95. The van der Waals surface area contributed by atoms with Gasteiger partial charge in [-0.25, -0.2) is 9.79 Å². The van der Waals surface area contributed by atoms with Crippen molar-refractivity contribution in [3.05, 3.63) is 100 Å². The molecule has 0 bridgehead atoms. The molecule has 0 saturated carbocycles. The van der Waals surface area contributed by atoms with E-state index in [4.69, 9.17) is 4.74 Å². The molecule has 1 heterocycles. The molecule has 3 aromatic rings. The van der Waals surface area contributed by atoms with Crippen molar-refractivity contribution in [2.75, 3.05) is 11.9 Å². The lowest BCUT2D eigenvalue weighted by atomic mass is 10.0. The van der Waals surface area contributed by atoms with Crippen LogP contribution in [0.3, 0.4) is 0 Å². The third kappa shape index (κ3) is 4.17. The number of fused-ring (bicyclic) bond motifs is 1. The first-order chi connectivity index (χ1) is 15.4. The summed E-state index contributed by atoms with van der Waals surface area (Å²) in [6, 6.07) is 21.7. The van der Waals surface area contributed by atoms with E-state index in [1.165, 1.54) is 29.2 Å². The van der Waals surface area contributed by atoms with E-state index in [-0.39, 0.29) is 11.4 Å². The van der Waals surface area contributed by atoms with Crippen LogP contribution >= 0.6 is 0 Å². The summed E-state index contributed by atoms with van der Waals surface area (Å²) < 4.78 is 5.18. The van der Waals surface area contributed by atoms with Gasteiger partial charge in [0.25, 0.3) is 11.6 Å². The van der Waals surface area contributed by atoms with E-state index in [1.54, 1.807) is 7.05 Å². The summed E-state index contributed by atoms with van der Waals surface area (Å²) in [4.78, 5) is 41.7. The fourth-order valence-electron chi connectivity index (χ4n) is 3.33. The molecule has 9 nitrogen and oxygen atoms in total. The molecule has 1 N–H and O–H groups in total. The van der Waals surface area contributed by atoms with Crippen LogP contribution in [0.1, 0.15) is 11.1 Å². The van der Waals surface area contributed by atoms with E-state index in [0.717, 1.165) is 11.1 Å². The highest BCUT2D eigenvalue weighted by atomic mass is 16.6. The van der Waals surface area contributed by atoms with Crippen molar-refractivity contribution in [2.45, 2.75) is 6.17 Å². The van der Waals surface area contributed by atoms with Crippen LogP contribution in [0.2, 0.25) is 0 Å². The van der Waals surface area contributed by atoms with Crippen molar-refractivity contribution in [3.8, 4) is 5.75 Å². The van der Waals surface area contributed by atoms with Gasteiger partial charge >= 0.3 is 6.09 Å². The van der Waals surface area contributed by atoms with Crippen molar-refractivity contribution >= 4 is 29.1 Å². The molecular weight excluding hydrogens is 412 g/mol. The fraction of sp³-hybridized carbons (Fsp3) is 0.0870. The minimum absolute atomic E-state index is 0.0954. The summed E-state index contributed by atoms with van der Waals surface area (Å²) in [7, 11) is 1.61. The van der Waals surface area contributed by atoms with Gasteiger partial charge < -0.3 is 9.64 Å². The average molecular weight is 430 g/mol. The van der Waals surface area contributed by atoms with E-state index in [9.17, 15) is 19.7 Å². The van der Waals surface area contributed by atoms with Crippen molar-refractivity contribution in [3.63, 3.8) is 0 Å². The zero-order chi connectivity index (χ0) is 22.7. The number of aliphatic imine (C=N–C) groups is 1. The number of hydrogen-bond acceptors (Lipinski definition) is 6. The summed E-state index contributed by atoms with van der Waals surface area (Å²) >= 11 is 0. The van der Waals surface area contributed by atoms with Crippen LogP contribution in [0, 0.1) is 10.1 Å². The number of nitrogens with zero attached hydrogens (tertiary/aromatic N) is 3. The largest absolute Gasteiger partial charge is 0.414 e. The lowest BCUT2D eigenvalue weighted by Crippen LogP contribution is -2.47. The lowest BCUT2D eigenvalue weighted by molar-refractivity contribution is -0.384. The zero-order valence-electron chi connectivity index (χ0n) is 17.0. The quantitative estimate of drug-likeness (QED) is 0.502. The Labute approximate surface area is 183 Å². The fourth-order valence-corrected chi connectivity index (χ4v) is 3.33. The molecule has 0 radical (unpaired) electrons. The molecule has 0 saturated heterocycles. The number of para-hydroxylation sites is 1. The summed E-state index contributed by atoms with van der Waals surface area (Å²) in [5.74, 6) is -0.345. The number of benzodiazepines with no additional fused rings is 1. The van der Waals surface area contributed by atoms with Crippen molar-refractivity contribution < 1.29 is 19.2 Å². The van der Waals surface area contributed by atoms with Gasteiger partial charge in [-0.15, -0.1) is 0 Å². The van der Waals surface area contributed by atoms with Crippen LogP contribution in [0.25, 0.3) is 0 Å². The number of ether oxygens (including phenoxy) is 1. The molecule has 9 heteroatoms. The van der Waals surface area contributed by atoms with Gasteiger partial charge in [-0.3, -0.25) is 20.2 Å². The number of rotatable bonds is 4. The van der Waals surface area contributed by atoms with E-state index in [2.05, 4.69) is 10.3 Å². The first kappa shape index (κ1) is 20.7. The van der Waals surface area contributed by atoms with Crippen molar-refractivity contribution in [1.82, 2.24) is 5.32 Å². The Kier molecular flexibility index (Phi) is 5.63. The SMILES string of the molecule is CN1C(=O)[C@@H](NC(=O)Oc2ccc([N+](=O)[O-])cc2)N=C(c2ccccc2)c2ccccc21. The molecule has 4 rings (SSSR count). The Morgan fingerprint density at radius 2 is 1.69 bits per heavy atom. The number of likely N-dealkylation sites (N-methyl/N-ethyl adjacent to an activating group) is 1. The van der Waals surface area contributed by atoms with E-state index < -0.39 is 23.1 Å². The standard InChI is InChI=1S/C23H18N4O5/c1-26-19-10-6-5-9-18(19)20(15-7-3-2-4-8-15)24-21(22(26)28)25-23(29)32-17-13-11-16(12-14-17)27(30)31/h2-14,21H,1H3,(H,25,29)/t21-/m1/s1. The summed E-state index contributed by atoms with van der Waals surface area (Å²) in [5, 5.41) is 13.3. The third-order valence-corrected chi connectivity index (χ3v) is 4.90. The number of nitrogens with one attached hydrogen (secondary N) is 1. The minimum Gasteiger partial charge on any atom is -0.410 e. The van der Waals surface area contributed by atoms with Crippen LogP contribution < -0.4 is 15.0 Å².